The molecule has 1 amide bonds. The van der Waals surface area contributed by atoms with Gasteiger partial charge in [-0.05, 0) is 41.8 Å². The molecular formula is C18H19F2N3O. The first-order chi connectivity index (χ1) is 11.6. The van der Waals surface area contributed by atoms with Gasteiger partial charge in [-0.25, -0.2) is 8.78 Å². The normalized spacial score (nSPS) is 17.8. The lowest BCUT2D eigenvalue weighted by molar-refractivity contribution is -0.134. The highest BCUT2D eigenvalue weighted by atomic mass is 19.1. The predicted octanol–water partition coefficient (Wildman–Crippen LogP) is 2.47. The molecule has 1 aliphatic rings. The first kappa shape index (κ1) is 16.5. The van der Waals surface area contributed by atoms with Crippen molar-refractivity contribution in [2.24, 2.45) is 0 Å². The standard InChI is InChI=1S/C18H19F2N3O/c19-15-4-5-16(20)13(10-15)3-6-18(24)23-9-8-22-12-17(23)14-2-1-7-21-11-14/h1-2,4-5,7,10-11,17,22H,3,6,8-9,12H2. The van der Waals surface area contributed by atoms with Gasteiger partial charge in [-0.15, -0.1) is 0 Å². The number of rotatable bonds is 4. The summed E-state index contributed by atoms with van der Waals surface area (Å²) in [5, 5.41) is 3.28. The van der Waals surface area contributed by atoms with Crippen LogP contribution in [0.3, 0.4) is 0 Å². The average molecular weight is 331 g/mol. The van der Waals surface area contributed by atoms with E-state index in [2.05, 4.69) is 10.3 Å². The molecular weight excluding hydrogens is 312 g/mol. The number of carbonyl (C=O) groups excluding carboxylic acids is 1. The number of piperazine rings is 1. The zero-order chi connectivity index (χ0) is 16.9. The number of carbonyl (C=O) groups is 1. The molecule has 1 N–H and O–H groups in total. The van der Waals surface area contributed by atoms with Crippen molar-refractivity contribution in [1.82, 2.24) is 15.2 Å². The van der Waals surface area contributed by atoms with Crippen LogP contribution in [0, 0.1) is 11.6 Å². The summed E-state index contributed by atoms with van der Waals surface area (Å²) in [4.78, 5) is 18.5. The maximum Gasteiger partial charge on any atom is 0.223 e. The van der Waals surface area contributed by atoms with Gasteiger partial charge >= 0.3 is 0 Å². The Morgan fingerprint density at radius 2 is 2.21 bits per heavy atom. The minimum atomic E-state index is -0.491. The van der Waals surface area contributed by atoms with Gasteiger partial charge in [0, 0.05) is 38.4 Å². The zero-order valence-electron chi connectivity index (χ0n) is 13.2. The number of aromatic nitrogens is 1. The first-order valence-corrected chi connectivity index (χ1v) is 7.99. The minimum absolute atomic E-state index is 0.0611. The highest BCUT2D eigenvalue weighted by molar-refractivity contribution is 5.77. The second-order valence-electron chi connectivity index (χ2n) is 5.83. The van der Waals surface area contributed by atoms with Crippen molar-refractivity contribution in [2.75, 3.05) is 19.6 Å². The van der Waals surface area contributed by atoms with Gasteiger partial charge in [0.25, 0.3) is 0 Å². The maximum absolute atomic E-state index is 13.7. The van der Waals surface area contributed by atoms with Crippen molar-refractivity contribution in [3.8, 4) is 0 Å². The van der Waals surface area contributed by atoms with E-state index < -0.39 is 11.6 Å². The minimum Gasteiger partial charge on any atom is -0.333 e. The molecule has 126 valence electrons. The van der Waals surface area contributed by atoms with Gasteiger partial charge in [0.2, 0.25) is 5.91 Å². The van der Waals surface area contributed by atoms with Crippen molar-refractivity contribution in [3.63, 3.8) is 0 Å². The predicted molar refractivity (Wildman–Crippen MR) is 86.2 cm³/mol. The molecule has 2 aromatic rings. The number of nitrogens with one attached hydrogen (secondary N) is 1. The molecule has 2 heterocycles. The zero-order valence-corrected chi connectivity index (χ0v) is 13.2. The Balaban J connectivity index is 1.69. The Labute approximate surface area is 139 Å². The molecule has 0 bridgehead atoms. The van der Waals surface area contributed by atoms with E-state index in [1.54, 1.807) is 17.3 Å². The number of halogens is 2. The molecule has 1 aromatic heterocycles. The van der Waals surface area contributed by atoms with Crippen molar-refractivity contribution in [3.05, 3.63) is 65.5 Å². The van der Waals surface area contributed by atoms with Crippen LogP contribution in [-0.2, 0) is 11.2 Å². The molecule has 0 spiro atoms. The van der Waals surface area contributed by atoms with E-state index in [9.17, 15) is 13.6 Å². The van der Waals surface area contributed by atoms with Crippen molar-refractivity contribution < 1.29 is 13.6 Å². The molecule has 6 heteroatoms. The molecule has 0 saturated carbocycles. The van der Waals surface area contributed by atoms with Crippen LogP contribution >= 0.6 is 0 Å². The summed E-state index contributed by atoms with van der Waals surface area (Å²) < 4.78 is 26.9. The third-order valence-corrected chi connectivity index (χ3v) is 4.25. The molecule has 0 aliphatic carbocycles. The number of amides is 1. The number of pyridine rings is 1. The molecule has 24 heavy (non-hydrogen) atoms. The SMILES string of the molecule is O=C(CCc1cc(F)ccc1F)N1CCNCC1c1cccnc1. The summed E-state index contributed by atoms with van der Waals surface area (Å²) in [7, 11) is 0. The van der Waals surface area contributed by atoms with E-state index in [1.165, 1.54) is 0 Å². The number of hydrogen-bond acceptors (Lipinski definition) is 3. The molecule has 1 unspecified atom stereocenters. The fraction of sp³-hybridized carbons (Fsp3) is 0.333. The highest BCUT2D eigenvalue weighted by Gasteiger charge is 2.27. The Kier molecular flexibility index (Phi) is 5.15. The van der Waals surface area contributed by atoms with Crippen LogP contribution in [0.4, 0.5) is 8.78 Å². The molecule has 4 nitrogen and oxygen atoms in total. The highest BCUT2D eigenvalue weighted by Crippen LogP contribution is 2.23. The van der Waals surface area contributed by atoms with E-state index in [0.29, 0.717) is 13.1 Å². The Hall–Kier alpha value is -2.34. The summed E-state index contributed by atoms with van der Waals surface area (Å²) in [5.74, 6) is -1.03. The van der Waals surface area contributed by atoms with Gasteiger partial charge in [-0.3, -0.25) is 9.78 Å². The van der Waals surface area contributed by atoms with Crippen LogP contribution in [0.5, 0.6) is 0 Å². The van der Waals surface area contributed by atoms with E-state index in [-0.39, 0.29) is 30.4 Å². The molecule has 1 atom stereocenters. The van der Waals surface area contributed by atoms with Gasteiger partial charge in [0.1, 0.15) is 11.6 Å². The van der Waals surface area contributed by atoms with Crippen LogP contribution in [0.25, 0.3) is 0 Å². The summed E-state index contributed by atoms with van der Waals surface area (Å²) in [6.45, 7) is 1.96. The largest absolute Gasteiger partial charge is 0.333 e. The van der Waals surface area contributed by atoms with Gasteiger partial charge in [0.05, 0.1) is 6.04 Å². The molecule has 1 aromatic carbocycles. The van der Waals surface area contributed by atoms with E-state index >= 15 is 0 Å². The Morgan fingerprint density at radius 3 is 3.00 bits per heavy atom. The number of aryl methyl sites for hydroxylation is 1. The molecule has 1 fully saturated rings. The Bertz CT molecular complexity index is 709. The summed E-state index contributed by atoms with van der Waals surface area (Å²) in [5.41, 5.74) is 1.20. The van der Waals surface area contributed by atoms with Crippen LogP contribution in [0.15, 0.2) is 42.7 Å². The summed E-state index contributed by atoms with van der Waals surface area (Å²) >= 11 is 0. The summed E-state index contributed by atoms with van der Waals surface area (Å²) in [6.07, 6.45) is 3.78. The second kappa shape index (κ2) is 7.49. The van der Waals surface area contributed by atoms with E-state index in [0.717, 1.165) is 30.3 Å². The molecule has 0 radical (unpaired) electrons. The Morgan fingerprint density at radius 1 is 1.33 bits per heavy atom. The quantitative estimate of drug-likeness (QED) is 0.936. The molecule has 3 rings (SSSR count). The monoisotopic (exact) mass is 331 g/mol. The van der Waals surface area contributed by atoms with Crippen LogP contribution in [0.2, 0.25) is 0 Å². The third kappa shape index (κ3) is 3.76. The lowest BCUT2D eigenvalue weighted by atomic mass is 10.0. The maximum atomic E-state index is 13.7. The van der Waals surface area contributed by atoms with E-state index in [4.69, 9.17) is 0 Å². The topological polar surface area (TPSA) is 45.2 Å². The summed E-state index contributed by atoms with van der Waals surface area (Å²) in [6, 6.07) is 7.02. The smallest absolute Gasteiger partial charge is 0.223 e. The van der Waals surface area contributed by atoms with Crippen molar-refractivity contribution in [1.29, 1.82) is 0 Å². The number of benzene rings is 1. The van der Waals surface area contributed by atoms with Crippen molar-refractivity contribution >= 4 is 5.91 Å². The average Bonchev–Trinajstić information content (AvgIpc) is 2.63. The second-order valence-corrected chi connectivity index (χ2v) is 5.83. The van der Waals surface area contributed by atoms with Crippen LogP contribution in [0.1, 0.15) is 23.6 Å². The molecule has 1 aliphatic heterocycles. The van der Waals surface area contributed by atoms with Gasteiger partial charge < -0.3 is 10.2 Å². The van der Waals surface area contributed by atoms with Gasteiger partial charge in [-0.1, -0.05) is 6.07 Å². The number of hydrogen-bond donors (Lipinski definition) is 1. The van der Waals surface area contributed by atoms with Gasteiger partial charge in [0.15, 0.2) is 0 Å². The number of nitrogens with zero attached hydrogens (tertiary/aromatic N) is 2. The first-order valence-electron chi connectivity index (χ1n) is 7.99. The fourth-order valence-electron chi connectivity index (χ4n) is 2.99. The van der Waals surface area contributed by atoms with Gasteiger partial charge in [-0.2, -0.15) is 0 Å². The third-order valence-electron chi connectivity index (χ3n) is 4.25. The lowest BCUT2D eigenvalue weighted by Gasteiger charge is -2.36. The molecule has 1 saturated heterocycles. The fourth-order valence-corrected chi connectivity index (χ4v) is 2.99. The lowest BCUT2D eigenvalue weighted by Crippen LogP contribution is -2.48. The van der Waals surface area contributed by atoms with Crippen LogP contribution < -0.4 is 5.32 Å². The van der Waals surface area contributed by atoms with Crippen LogP contribution in [-0.4, -0.2) is 35.4 Å². The van der Waals surface area contributed by atoms with E-state index in [1.807, 2.05) is 12.1 Å². The van der Waals surface area contributed by atoms with Crippen molar-refractivity contribution in [2.45, 2.75) is 18.9 Å².